The van der Waals surface area contributed by atoms with E-state index >= 15 is 0 Å². The maximum absolute atomic E-state index is 10.3. The third-order valence-electron chi connectivity index (χ3n) is 4.16. The van der Waals surface area contributed by atoms with Crippen molar-refractivity contribution < 1.29 is 5.11 Å². The normalized spacial score (nSPS) is 13.0. The average Bonchev–Trinajstić information content (AvgIpc) is 2.56. The van der Waals surface area contributed by atoms with Gasteiger partial charge in [-0.2, -0.15) is 0 Å². The summed E-state index contributed by atoms with van der Waals surface area (Å²) in [6, 6.07) is 14.4. The average molecular weight is 296 g/mol. The van der Waals surface area contributed by atoms with E-state index in [2.05, 4.69) is 37.3 Å². The van der Waals surface area contributed by atoms with Crippen LogP contribution in [0.4, 0.5) is 0 Å². The lowest BCUT2D eigenvalue weighted by molar-refractivity contribution is 0.228. The highest BCUT2D eigenvalue weighted by molar-refractivity contribution is 5.83. The molecule has 2 aromatic rings. The number of rotatable bonds is 9. The Morgan fingerprint density at radius 2 is 1.64 bits per heavy atom. The van der Waals surface area contributed by atoms with E-state index in [1.807, 2.05) is 24.3 Å². The number of hydrogen-bond acceptors (Lipinski definition) is 1. The first-order chi connectivity index (χ1) is 10.8. The van der Waals surface area contributed by atoms with Crippen molar-refractivity contribution in [2.24, 2.45) is 0 Å². The molecule has 0 bridgehead atoms. The van der Waals surface area contributed by atoms with Gasteiger partial charge in [-0.3, -0.25) is 0 Å². The van der Waals surface area contributed by atoms with Crippen molar-refractivity contribution in [3.05, 3.63) is 60.2 Å². The molecule has 0 fully saturated rings. The van der Waals surface area contributed by atoms with Crippen molar-refractivity contribution in [1.29, 1.82) is 0 Å². The number of aliphatic hydroxyl groups is 1. The van der Waals surface area contributed by atoms with Crippen molar-refractivity contribution in [3.8, 4) is 0 Å². The number of unbranched alkanes of at least 4 members (excludes halogenated alkanes) is 6. The van der Waals surface area contributed by atoms with Crippen LogP contribution >= 0.6 is 0 Å². The molecule has 1 N–H and O–H groups in total. The Balaban J connectivity index is 1.78. The van der Waals surface area contributed by atoms with Crippen LogP contribution in [0.5, 0.6) is 0 Å². The highest BCUT2D eigenvalue weighted by Crippen LogP contribution is 2.21. The zero-order valence-electron chi connectivity index (χ0n) is 13.7. The zero-order chi connectivity index (χ0) is 15.6. The molecule has 0 spiro atoms. The standard InChI is InChI=1S/C21H28O/c1-2-3-4-5-6-7-8-9-14-21(22)20-16-15-18-12-10-11-13-19(18)17-20/h9-17,21-22H,2-8H2,1H3/b14-9+. The molecule has 0 radical (unpaired) electrons. The number of aliphatic hydroxyl groups excluding tert-OH is 1. The topological polar surface area (TPSA) is 20.2 Å². The molecule has 118 valence electrons. The van der Waals surface area contributed by atoms with E-state index in [1.165, 1.54) is 49.3 Å². The summed E-state index contributed by atoms with van der Waals surface area (Å²) >= 11 is 0. The van der Waals surface area contributed by atoms with Crippen LogP contribution in [-0.2, 0) is 0 Å². The number of allylic oxidation sites excluding steroid dienone is 1. The molecule has 0 aliphatic rings. The third kappa shape index (κ3) is 5.31. The minimum Gasteiger partial charge on any atom is -0.384 e. The Bertz CT molecular complexity index is 585. The van der Waals surface area contributed by atoms with E-state index in [0.717, 1.165) is 12.0 Å². The van der Waals surface area contributed by atoms with Crippen molar-refractivity contribution in [2.45, 2.75) is 58.0 Å². The van der Waals surface area contributed by atoms with Gasteiger partial charge >= 0.3 is 0 Å². The fourth-order valence-electron chi connectivity index (χ4n) is 2.77. The minimum absolute atomic E-state index is 0.496. The second-order valence-corrected chi connectivity index (χ2v) is 6.04. The number of fused-ring (bicyclic) bond motifs is 1. The van der Waals surface area contributed by atoms with Gasteiger partial charge in [-0.25, -0.2) is 0 Å². The molecule has 0 saturated heterocycles. The second-order valence-electron chi connectivity index (χ2n) is 6.04. The fraction of sp³-hybridized carbons (Fsp3) is 0.429. The van der Waals surface area contributed by atoms with Gasteiger partial charge in [0.2, 0.25) is 0 Å². The lowest BCUT2D eigenvalue weighted by Crippen LogP contribution is -1.92. The Hall–Kier alpha value is -1.60. The van der Waals surface area contributed by atoms with Crippen LogP contribution in [0.1, 0.15) is 63.5 Å². The van der Waals surface area contributed by atoms with E-state index in [9.17, 15) is 5.11 Å². The van der Waals surface area contributed by atoms with Gasteiger partial charge in [-0.15, -0.1) is 0 Å². The third-order valence-corrected chi connectivity index (χ3v) is 4.16. The predicted molar refractivity (Wildman–Crippen MR) is 96.0 cm³/mol. The summed E-state index contributed by atoms with van der Waals surface area (Å²) < 4.78 is 0. The summed E-state index contributed by atoms with van der Waals surface area (Å²) in [7, 11) is 0. The summed E-state index contributed by atoms with van der Waals surface area (Å²) in [5, 5.41) is 12.7. The second kappa shape index (κ2) is 9.42. The quantitative estimate of drug-likeness (QED) is 0.432. The van der Waals surface area contributed by atoms with Crippen molar-refractivity contribution in [1.82, 2.24) is 0 Å². The van der Waals surface area contributed by atoms with Gasteiger partial charge in [-0.1, -0.05) is 87.6 Å². The molecule has 2 aromatic carbocycles. The Morgan fingerprint density at radius 1 is 0.909 bits per heavy atom. The Morgan fingerprint density at radius 3 is 2.45 bits per heavy atom. The van der Waals surface area contributed by atoms with Gasteiger partial charge in [0.05, 0.1) is 6.10 Å². The van der Waals surface area contributed by atoms with Gasteiger partial charge in [0.25, 0.3) is 0 Å². The van der Waals surface area contributed by atoms with Crippen LogP contribution in [0.2, 0.25) is 0 Å². The highest BCUT2D eigenvalue weighted by atomic mass is 16.3. The molecule has 22 heavy (non-hydrogen) atoms. The Labute approximate surface area is 134 Å². The monoisotopic (exact) mass is 296 g/mol. The summed E-state index contributed by atoms with van der Waals surface area (Å²) in [6.07, 6.45) is 12.5. The first-order valence-electron chi connectivity index (χ1n) is 8.64. The maximum Gasteiger partial charge on any atom is 0.0972 e. The summed E-state index contributed by atoms with van der Waals surface area (Å²) in [4.78, 5) is 0. The van der Waals surface area contributed by atoms with E-state index in [-0.39, 0.29) is 0 Å². The molecule has 0 aromatic heterocycles. The molecule has 0 aliphatic carbocycles. The van der Waals surface area contributed by atoms with Crippen LogP contribution < -0.4 is 0 Å². The largest absolute Gasteiger partial charge is 0.384 e. The number of benzene rings is 2. The van der Waals surface area contributed by atoms with Gasteiger partial charge in [-0.05, 0) is 35.2 Å². The zero-order valence-corrected chi connectivity index (χ0v) is 13.7. The smallest absolute Gasteiger partial charge is 0.0972 e. The van der Waals surface area contributed by atoms with Gasteiger partial charge < -0.3 is 5.11 Å². The fourth-order valence-corrected chi connectivity index (χ4v) is 2.77. The van der Waals surface area contributed by atoms with E-state index in [1.54, 1.807) is 0 Å². The predicted octanol–water partition coefficient (Wildman–Crippen LogP) is 6.18. The van der Waals surface area contributed by atoms with Crippen LogP contribution in [0.3, 0.4) is 0 Å². The lowest BCUT2D eigenvalue weighted by atomic mass is 10.0. The van der Waals surface area contributed by atoms with E-state index in [0.29, 0.717) is 0 Å². The maximum atomic E-state index is 10.3. The molecule has 0 amide bonds. The van der Waals surface area contributed by atoms with Gasteiger partial charge in [0, 0.05) is 0 Å². The summed E-state index contributed by atoms with van der Waals surface area (Å²) in [5.41, 5.74) is 0.970. The molecule has 0 heterocycles. The first-order valence-corrected chi connectivity index (χ1v) is 8.64. The minimum atomic E-state index is -0.496. The molecule has 1 heteroatoms. The van der Waals surface area contributed by atoms with Crippen molar-refractivity contribution >= 4 is 10.8 Å². The van der Waals surface area contributed by atoms with Crippen molar-refractivity contribution in [2.75, 3.05) is 0 Å². The molecule has 0 saturated carbocycles. The lowest BCUT2D eigenvalue weighted by Gasteiger charge is -2.07. The first kappa shape index (κ1) is 16.8. The van der Waals surface area contributed by atoms with E-state index < -0.39 is 6.10 Å². The molecule has 2 rings (SSSR count). The van der Waals surface area contributed by atoms with Gasteiger partial charge in [0.1, 0.15) is 0 Å². The summed E-state index contributed by atoms with van der Waals surface area (Å²) in [5.74, 6) is 0. The van der Waals surface area contributed by atoms with Gasteiger partial charge in [0.15, 0.2) is 0 Å². The highest BCUT2D eigenvalue weighted by Gasteiger charge is 2.03. The van der Waals surface area contributed by atoms with Crippen LogP contribution in [0, 0.1) is 0 Å². The molecule has 1 nitrogen and oxygen atoms in total. The SMILES string of the molecule is CCCCCCCC/C=C/C(O)c1ccc2ccccc2c1. The molecule has 1 atom stereocenters. The molecular weight excluding hydrogens is 268 g/mol. The van der Waals surface area contributed by atoms with Crippen LogP contribution in [0.15, 0.2) is 54.6 Å². The van der Waals surface area contributed by atoms with Crippen LogP contribution in [0.25, 0.3) is 10.8 Å². The van der Waals surface area contributed by atoms with Crippen molar-refractivity contribution in [3.63, 3.8) is 0 Å². The Kier molecular flexibility index (Phi) is 7.18. The van der Waals surface area contributed by atoms with E-state index in [4.69, 9.17) is 0 Å². The molecule has 0 aliphatic heterocycles. The summed E-state index contributed by atoms with van der Waals surface area (Å²) in [6.45, 7) is 2.25. The molecular formula is C21H28O. The number of hydrogen-bond donors (Lipinski definition) is 1. The van der Waals surface area contributed by atoms with Crippen LogP contribution in [-0.4, -0.2) is 5.11 Å². The molecule has 1 unspecified atom stereocenters.